The molecule has 5 heteroatoms. The molecule has 4 N–H and O–H groups in total. The number of anilines is 2. The Morgan fingerprint density at radius 3 is 2.93 bits per heavy atom. The molecule has 0 amide bonds. The molecule has 5 nitrogen and oxygen atoms in total. The van der Waals surface area contributed by atoms with Gasteiger partial charge in [-0.1, -0.05) is 0 Å². The zero-order valence-corrected chi connectivity index (χ0v) is 9.17. The summed E-state index contributed by atoms with van der Waals surface area (Å²) in [7, 11) is 0. The molecule has 2 heterocycles. The first kappa shape index (κ1) is 10.2. The van der Waals surface area contributed by atoms with E-state index in [0.29, 0.717) is 17.8 Å². The molecule has 82 valence electrons. The van der Waals surface area contributed by atoms with Crippen LogP contribution in [0.15, 0.2) is 0 Å². The Morgan fingerprint density at radius 1 is 1.40 bits per heavy atom. The highest BCUT2D eigenvalue weighted by Crippen LogP contribution is 2.19. The second kappa shape index (κ2) is 4.02. The zero-order valence-electron chi connectivity index (χ0n) is 9.17. The minimum atomic E-state index is 0.319. The molecule has 0 saturated carbocycles. The average Bonchev–Trinajstić information content (AvgIpc) is 2.16. The maximum absolute atomic E-state index is 5.90. The Morgan fingerprint density at radius 2 is 2.20 bits per heavy atom. The van der Waals surface area contributed by atoms with Gasteiger partial charge in [0.15, 0.2) is 0 Å². The Kier molecular flexibility index (Phi) is 2.73. The van der Waals surface area contributed by atoms with Crippen molar-refractivity contribution in [1.82, 2.24) is 15.3 Å². The fraction of sp³-hybridized carbons (Fsp3) is 0.600. The van der Waals surface area contributed by atoms with E-state index in [2.05, 4.69) is 34.4 Å². The van der Waals surface area contributed by atoms with Gasteiger partial charge in [-0.2, -0.15) is 4.98 Å². The molecule has 0 spiro atoms. The Hall–Kier alpha value is -1.36. The van der Waals surface area contributed by atoms with Crippen LogP contribution >= 0.6 is 0 Å². The summed E-state index contributed by atoms with van der Waals surface area (Å²) < 4.78 is 0. The van der Waals surface area contributed by atoms with Crippen molar-refractivity contribution in [1.29, 1.82) is 0 Å². The molecule has 15 heavy (non-hydrogen) atoms. The second-order valence-electron chi connectivity index (χ2n) is 4.08. The summed E-state index contributed by atoms with van der Waals surface area (Å²) in [6.07, 6.45) is 0.920. The lowest BCUT2D eigenvalue weighted by molar-refractivity contribution is 0.625. The highest BCUT2D eigenvalue weighted by molar-refractivity contribution is 5.48. The molecule has 0 saturated heterocycles. The van der Waals surface area contributed by atoms with Gasteiger partial charge < -0.3 is 16.4 Å². The predicted octanol–water partition coefficient (Wildman–Crippen LogP) is 0.525. The SMILES string of the molecule is CC(C)Nc1nc(N)c2c(n1)CNCC2. The summed E-state index contributed by atoms with van der Waals surface area (Å²) in [6.45, 7) is 5.85. The van der Waals surface area contributed by atoms with E-state index in [1.54, 1.807) is 0 Å². The molecule has 0 radical (unpaired) electrons. The van der Waals surface area contributed by atoms with Crippen LogP contribution in [-0.4, -0.2) is 22.6 Å². The number of nitrogens with two attached hydrogens (primary N) is 1. The lowest BCUT2D eigenvalue weighted by atomic mass is 10.1. The van der Waals surface area contributed by atoms with Crippen molar-refractivity contribution in [2.24, 2.45) is 0 Å². The molecule has 1 aliphatic heterocycles. The largest absolute Gasteiger partial charge is 0.383 e. The van der Waals surface area contributed by atoms with Crippen LogP contribution in [0.3, 0.4) is 0 Å². The summed E-state index contributed by atoms with van der Waals surface area (Å²) in [5, 5.41) is 6.44. The van der Waals surface area contributed by atoms with Crippen molar-refractivity contribution < 1.29 is 0 Å². The topological polar surface area (TPSA) is 75.9 Å². The van der Waals surface area contributed by atoms with Crippen molar-refractivity contribution in [3.05, 3.63) is 11.3 Å². The van der Waals surface area contributed by atoms with E-state index in [-0.39, 0.29) is 0 Å². The van der Waals surface area contributed by atoms with E-state index in [1.807, 2.05) is 0 Å². The second-order valence-corrected chi connectivity index (χ2v) is 4.08. The van der Waals surface area contributed by atoms with E-state index < -0.39 is 0 Å². The van der Waals surface area contributed by atoms with Gasteiger partial charge in [0, 0.05) is 18.2 Å². The molecule has 0 fully saturated rings. The third kappa shape index (κ3) is 2.18. The fourth-order valence-corrected chi connectivity index (χ4v) is 1.71. The molecule has 0 atom stereocenters. The van der Waals surface area contributed by atoms with Gasteiger partial charge in [-0.15, -0.1) is 0 Å². The van der Waals surface area contributed by atoms with E-state index >= 15 is 0 Å². The monoisotopic (exact) mass is 207 g/mol. The van der Waals surface area contributed by atoms with Crippen LogP contribution in [0.5, 0.6) is 0 Å². The van der Waals surface area contributed by atoms with Crippen molar-refractivity contribution in [3.8, 4) is 0 Å². The predicted molar refractivity (Wildman–Crippen MR) is 60.6 cm³/mol. The first-order chi connectivity index (χ1) is 7.16. The molecule has 1 aromatic rings. The van der Waals surface area contributed by atoms with Crippen LogP contribution in [0.1, 0.15) is 25.1 Å². The number of fused-ring (bicyclic) bond motifs is 1. The maximum atomic E-state index is 5.90. The summed E-state index contributed by atoms with van der Waals surface area (Å²) in [4.78, 5) is 8.70. The third-order valence-electron chi connectivity index (χ3n) is 2.39. The van der Waals surface area contributed by atoms with Crippen molar-refractivity contribution in [3.63, 3.8) is 0 Å². The quantitative estimate of drug-likeness (QED) is 0.659. The summed E-state index contributed by atoms with van der Waals surface area (Å²) in [5.41, 5.74) is 8.02. The Bertz CT molecular complexity index is 361. The molecular weight excluding hydrogens is 190 g/mol. The van der Waals surface area contributed by atoms with Gasteiger partial charge in [-0.25, -0.2) is 4.98 Å². The van der Waals surface area contributed by atoms with Crippen LogP contribution in [0.2, 0.25) is 0 Å². The highest BCUT2D eigenvalue weighted by Gasteiger charge is 2.15. The number of aromatic nitrogens is 2. The summed E-state index contributed by atoms with van der Waals surface area (Å²) in [5.74, 6) is 1.25. The Labute approximate surface area is 89.5 Å². The molecule has 1 aliphatic rings. The first-order valence-electron chi connectivity index (χ1n) is 5.29. The summed E-state index contributed by atoms with van der Waals surface area (Å²) >= 11 is 0. The lowest BCUT2D eigenvalue weighted by Crippen LogP contribution is -2.27. The molecule has 0 unspecified atom stereocenters. The number of hydrogen-bond donors (Lipinski definition) is 3. The van der Waals surface area contributed by atoms with Crippen molar-refractivity contribution in [2.75, 3.05) is 17.6 Å². The van der Waals surface area contributed by atoms with E-state index in [1.165, 1.54) is 0 Å². The van der Waals surface area contributed by atoms with Crippen LogP contribution in [-0.2, 0) is 13.0 Å². The maximum Gasteiger partial charge on any atom is 0.225 e. The molecule has 1 aromatic heterocycles. The molecule has 0 bridgehead atoms. The van der Waals surface area contributed by atoms with Crippen LogP contribution in [0, 0.1) is 0 Å². The number of nitrogens with zero attached hydrogens (tertiary/aromatic N) is 2. The van der Waals surface area contributed by atoms with Crippen LogP contribution < -0.4 is 16.4 Å². The average molecular weight is 207 g/mol. The van der Waals surface area contributed by atoms with Gasteiger partial charge in [-0.05, 0) is 26.8 Å². The van der Waals surface area contributed by atoms with Gasteiger partial charge in [0.05, 0.1) is 5.69 Å². The molecule has 0 aromatic carbocycles. The van der Waals surface area contributed by atoms with Gasteiger partial charge in [0.1, 0.15) is 5.82 Å². The normalized spacial score (nSPS) is 15.1. The number of hydrogen-bond acceptors (Lipinski definition) is 5. The van der Waals surface area contributed by atoms with Gasteiger partial charge in [0.25, 0.3) is 0 Å². The smallest absolute Gasteiger partial charge is 0.225 e. The van der Waals surface area contributed by atoms with Crippen LogP contribution in [0.25, 0.3) is 0 Å². The molecular formula is C10H17N5. The van der Waals surface area contributed by atoms with E-state index in [9.17, 15) is 0 Å². The number of nitrogens with one attached hydrogen (secondary N) is 2. The van der Waals surface area contributed by atoms with Gasteiger partial charge in [0.2, 0.25) is 5.95 Å². The van der Waals surface area contributed by atoms with Crippen molar-refractivity contribution in [2.45, 2.75) is 32.9 Å². The molecule has 0 aliphatic carbocycles. The minimum Gasteiger partial charge on any atom is -0.383 e. The van der Waals surface area contributed by atoms with Gasteiger partial charge >= 0.3 is 0 Å². The number of rotatable bonds is 2. The molecule has 2 rings (SSSR count). The highest BCUT2D eigenvalue weighted by atomic mass is 15.1. The Balaban J connectivity index is 2.32. The lowest BCUT2D eigenvalue weighted by Gasteiger charge is -2.19. The fourth-order valence-electron chi connectivity index (χ4n) is 1.71. The third-order valence-corrected chi connectivity index (χ3v) is 2.39. The standard InChI is InChI=1S/C10H17N5/c1-6(2)13-10-14-8-5-12-4-3-7(8)9(11)15-10/h6,12H,3-5H2,1-2H3,(H3,11,13,14,15). The minimum absolute atomic E-state index is 0.319. The summed E-state index contributed by atoms with van der Waals surface area (Å²) in [6, 6.07) is 0.319. The number of nitrogen functional groups attached to an aromatic ring is 1. The first-order valence-corrected chi connectivity index (χ1v) is 5.29. The van der Waals surface area contributed by atoms with Crippen molar-refractivity contribution >= 4 is 11.8 Å². The van der Waals surface area contributed by atoms with Gasteiger partial charge in [-0.3, -0.25) is 0 Å². The zero-order chi connectivity index (χ0) is 10.8. The van der Waals surface area contributed by atoms with E-state index in [0.717, 1.165) is 30.8 Å². The van der Waals surface area contributed by atoms with E-state index in [4.69, 9.17) is 5.73 Å². The van der Waals surface area contributed by atoms with Crippen LogP contribution in [0.4, 0.5) is 11.8 Å².